The Labute approximate surface area is 150 Å². The molecule has 0 saturated carbocycles. The molecule has 23 heavy (non-hydrogen) atoms. The number of rotatable bonds is 5. The molecule has 0 aliphatic rings. The van der Waals surface area contributed by atoms with E-state index in [0.717, 1.165) is 0 Å². The molecule has 0 bridgehead atoms. The summed E-state index contributed by atoms with van der Waals surface area (Å²) in [5.41, 5.74) is 0.964. The van der Waals surface area contributed by atoms with Gasteiger partial charge in [0.25, 0.3) is 0 Å². The van der Waals surface area contributed by atoms with E-state index in [-0.39, 0.29) is 31.9 Å². The first-order valence-electron chi connectivity index (χ1n) is 7.09. The van der Waals surface area contributed by atoms with E-state index in [1.165, 1.54) is 0 Å². The van der Waals surface area contributed by atoms with E-state index in [1.807, 2.05) is 26.0 Å². The van der Waals surface area contributed by atoms with Crippen molar-refractivity contribution in [1.29, 1.82) is 0 Å². The zero-order valence-corrected chi connectivity index (χ0v) is 14.6. The van der Waals surface area contributed by atoms with Gasteiger partial charge in [0, 0.05) is 44.0 Å². The Hall–Kier alpha value is -1.96. The van der Waals surface area contributed by atoms with Crippen LogP contribution in [-0.2, 0) is 20.4 Å². The van der Waals surface area contributed by atoms with Crippen LogP contribution in [0.25, 0.3) is 0 Å². The molecule has 0 atom stereocenters. The van der Waals surface area contributed by atoms with Gasteiger partial charge in [0.1, 0.15) is 11.5 Å². The van der Waals surface area contributed by atoms with E-state index in [4.69, 9.17) is 0 Å². The van der Waals surface area contributed by atoms with Crippen LogP contribution in [0.4, 0.5) is 0 Å². The summed E-state index contributed by atoms with van der Waals surface area (Å²) in [5, 5.41) is 19.4. The van der Waals surface area contributed by atoms with Crippen molar-refractivity contribution in [3.05, 3.63) is 59.7 Å². The first-order valence-corrected chi connectivity index (χ1v) is 7.09. The number of phenolic OH excluding ortho intramolecular Hbond substituents is 2. The molecule has 0 saturated heterocycles. The molecule has 0 aliphatic heterocycles. The maximum atomic E-state index is 9.71. The molecule has 0 unspecified atom stereocenters. The Balaban J connectivity index is 0.00000264. The molecule has 0 fully saturated rings. The third-order valence-electron chi connectivity index (χ3n) is 3.14. The van der Waals surface area contributed by atoms with E-state index in [2.05, 4.69) is 9.98 Å². The van der Waals surface area contributed by atoms with E-state index >= 15 is 0 Å². The van der Waals surface area contributed by atoms with Gasteiger partial charge in [-0.15, -0.1) is 0 Å². The first-order chi connectivity index (χ1) is 10.5. The third-order valence-corrected chi connectivity index (χ3v) is 3.14. The molecule has 0 aliphatic carbocycles. The average Bonchev–Trinajstić information content (AvgIpc) is 2.48. The van der Waals surface area contributed by atoms with Gasteiger partial charge in [-0.3, -0.25) is 9.98 Å². The Morgan fingerprint density at radius 2 is 1.35 bits per heavy atom. The van der Waals surface area contributed by atoms with Crippen LogP contribution in [0.3, 0.4) is 0 Å². The summed E-state index contributed by atoms with van der Waals surface area (Å²) < 4.78 is 0. The Morgan fingerprint density at radius 1 is 0.870 bits per heavy atom. The smallest absolute Gasteiger partial charge is 0.124 e. The molecule has 124 valence electrons. The van der Waals surface area contributed by atoms with Gasteiger partial charge < -0.3 is 10.2 Å². The molecule has 2 N–H and O–H groups in total. The van der Waals surface area contributed by atoms with Crippen LogP contribution >= 0.6 is 0 Å². The molecule has 0 spiro atoms. The second-order valence-corrected chi connectivity index (χ2v) is 5.66. The molecular weight excluding hydrogens is 383 g/mol. The van der Waals surface area contributed by atoms with E-state index in [1.54, 1.807) is 48.8 Å². The van der Waals surface area contributed by atoms with Crippen molar-refractivity contribution in [3.8, 4) is 11.5 Å². The van der Waals surface area contributed by atoms with Crippen LogP contribution in [0.15, 0.2) is 58.5 Å². The normalized spacial score (nSPS) is 11.7. The summed E-state index contributed by atoms with van der Waals surface area (Å²) in [4.78, 5) is 8.83. The number of hydrogen-bond acceptors (Lipinski definition) is 4. The Kier molecular flexibility index (Phi) is 7.15. The summed E-state index contributed by atoms with van der Waals surface area (Å²) >= 11 is 0. The van der Waals surface area contributed by atoms with E-state index < -0.39 is 5.54 Å². The predicted molar refractivity (Wildman–Crippen MR) is 90.3 cm³/mol. The number of phenols is 2. The van der Waals surface area contributed by atoms with E-state index in [0.29, 0.717) is 17.7 Å². The van der Waals surface area contributed by atoms with Gasteiger partial charge >= 0.3 is 0 Å². The van der Waals surface area contributed by atoms with Crippen LogP contribution in [-0.4, -0.2) is 34.7 Å². The number of benzene rings is 2. The van der Waals surface area contributed by atoms with Gasteiger partial charge in [-0.05, 0) is 38.1 Å². The summed E-state index contributed by atoms with van der Waals surface area (Å²) in [7, 11) is 0. The zero-order valence-electron chi connectivity index (χ0n) is 13.1. The SMILES string of the molecule is CC(C)(CN=Cc1ccccc1O)N=Cc1ccccc1O.[Pd]. The maximum Gasteiger partial charge on any atom is 0.124 e. The Morgan fingerprint density at radius 3 is 1.87 bits per heavy atom. The fourth-order valence-corrected chi connectivity index (χ4v) is 1.85. The third kappa shape index (κ3) is 5.98. The largest absolute Gasteiger partial charge is 0.507 e. The fraction of sp³-hybridized carbons (Fsp3) is 0.222. The standard InChI is InChI=1S/C18H20N2O2.Pd/c1-18(2,20-12-15-8-4-6-10-17(15)22)13-19-11-14-7-3-5-9-16(14)21;/h3-12,21-22H,13H2,1-2H3;. The molecule has 0 radical (unpaired) electrons. The van der Waals surface area contributed by atoms with Crippen molar-refractivity contribution < 1.29 is 30.6 Å². The van der Waals surface area contributed by atoms with Crippen LogP contribution < -0.4 is 0 Å². The van der Waals surface area contributed by atoms with E-state index in [9.17, 15) is 10.2 Å². The monoisotopic (exact) mass is 402 g/mol. The topological polar surface area (TPSA) is 65.2 Å². The average molecular weight is 403 g/mol. The van der Waals surface area contributed by atoms with Crippen LogP contribution in [0.1, 0.15) is 25.0 Å². The summed E-state index contributed by atoms with van der Waals surface area (Å²) in [6, 6.07) is 14.1. The van der Waals surface area contributed by atoms with Gasteiger partial charge in [0.15, 0.2) is 0 Å². The second kappa shape index (κ2) is 8.62. The predicted octanol–water partition coefficient (Wildman–Crippen LogP) is 3.41. The molecule has 0 amide bonds. The van der Waals surface area contributed by atoms with Crippen molar-refractivity contribution in [2.45, 2.75) is 19.4 Å². The van der Waals surface area contributed by atoms with Crippen molar-refractivity contribution in [2.24, 2.45) is 9.98 Å². The van der Waals surface area contributed by atoms with Gasteiger partial charge in [-0.25, -0.2) is 0 Å². The molecule has 0 aromatic heterocycles. The minimum Gasteiger partial charge on any atom is -0.507 e. The molecule has 0 heterocycles. The molecular formula is C18H20N2O2Pd. The minimum atomic E-state index is -0.400. The second-order valence-electron chi connectivity index (χ2n) is 5.66. The molecule has 2 aromatic carbocycles. The van der Waals surface area contributed by atoms with Crippen LogP contribution in [0.5, 0.6) is 11.5 Å². The van der Waals surface area contributed by atoms with Crippen LogP contribution in [0, 0.1) is 0 Å². The van der Waals surface area contributed by atoms with Gasteiger partial charge in [-0.2, -0.15) is 0 Å². The molecule has 5 heteroatoms. The quantitative estimate of drug-likeness (QED) is 0.594. The fourth-order valence-electron chi connectivity index (χ4n) is 1.85. The van der Waals surface area contributed by atoms with Gasteiger partial charge in [0.05, 0.1) is 12.1 Å². The Bertz CT molecular complexity index is 697. The number of aromatic hydroxyl groups is 2. The van der Waals surface area contributed by atoms with Gasteiger partial charge in [-0.1, -0.05) is 24.3 Å². The number of aliphatic imine (C=N–C) groups is 2. The maximum absolute atomic E-state index is 9.71. The van der Waals surface area contributed by atoms with Crippen molar-refractivity contribution >= 4 is 12.4 Å². The van der Waals surface area contributed by atoms with Crippen molar-refractivity contribution in [2.75, 3.05) is 6.54 Å². The van der Waals surface area contributed by atoms with Crippen LogP contribution in [0.2, 0.25) is 0 Å². The summed E-state index contributed by atoms with van der Waals surface area (Å²) in [6.45, 7) is 4.41. The molecule has 4 nitrogen and oxygen atoms in total. The summed E-state index contributed by atoms with van der Waals surface area (Å²) in [5.74, 6) is 0.418. The number of nitrogens with zero attached hydrogens (tertiary/aromatic N) is 2. The molecule has 2 rings (SSSR count). The minimum absolute atomic E-state index is 0. The number of hydrogen-bond donors (Lipinski definition) is 2. The first kappa shape index (κ1) is 19.1. The molecule has 2 aromatic rings. The van der Waals surface area contributed by atoms with Crippen molar-refractivity contribution in [3.63, 3.8) is 0 Å². The summed E-state index contributed by atoms with van der Waals surface area (Å²) in [6.07, 6.45) is 3.30. The van der Waals surface area contributed by atoms with Crippen molar-refractivity contribution in [1.82, 2.24) is 0 Å². The zero-order chi connectivity index (χ0) is 16.0. The van der Waals surface area contributed by atoms with Gasteiger partial charge in [0.2, 0.25) is 0 Å². The number of para-hydroxylation sites is 2.